The predicted octanol–water partition coefficient (Wildman–Crippen LogP) is 4.56. The van der Waals surface area contributed by atoms with E-state index in [1.165, 1.54) is 0 Å². The fourth-order valence-electron chi connectivity index (χ4n) is 2.44. The van der Waals surface area contributed by atoms with E-state index in [9.17, 15) is 4.79 Å². The molecule has 0 atom stereocenters. The number of amides is 1. The Balaban J connectivity index is 1.65. The monoisotopic (exact) mass is 389 g/mol. The molecule has 0 radical (unpaired) electrons. The number of rotatable bonds is 6. The molecule has 0 unspecified atom stereocenters. The standard InChI is InChI=1S/C19H17Cl2N3O2/c1-13-5-2-3-8-17(13)26-12-19(25)23-18-9-10-22-24(18)11-14-15(20)6-4-7-16(14)21/h2-10H,11-12H2,1H3,(H,23,25). The third kappa shape index (κ3) is 4.36. The summed E-state index contributed by atoms with van der Waals surface area (Å²) < 4.78 is 7.18. The lowest BCUT2D eigenvalue weighted by Gasteiger charge is -2.12. The number of hydrogen-bond acceptors (Lipinski definition) is 3. The van der Waals surface area contributed by atoms with Gasteiger partial charge < -0.3 is 10.1 Å². The number of para-hydroxylation sites is 1. The van der Waals surface area contributed by atoms with E-state index in [0.29, 0.717) is 28.2 Å². The maximum Gasteiger partial charge on any atom is 0.263 e. The summed E-state index contributed by atoms with van der Waals surface area (Å²) in [5, 5.41) is 8.11. The topological polar surface area (TPSA) is 56.1 Å². The minimum atomic E-state index is -0.278. The lowest BCUT2D eigenvalue weighted by molar-refractivity contribution is -0.118. The quantitative estimate of drug-likeness (QED) is 0.671. The third-order valence-electron chi connectivity index (χ3n) is 3.81. The van der Waals surface area contributed by atoms with Gasteiger partial charge in [-0.05, 0) is 30.7 Å². The van der Waals surface area contributed by atoms with Gasteiger partial charge in [-0.15, -0.1) is 0 Å². The maximum atomic E-state index is 12.2. The van der Waals surface area contributed by atoms with Gasteiger partial charge in [0.15, 0.2) is 6.61 Å². The molecule has 0 fully saturated rings. The fourth-order valence-corrected chi connectivity index (χ4v) is 2.96. The van der Waals surface area contributed by atoms with Crippen LogP contribution in [0, 0.1) is 6.92 Å². The van der Waals surface area contributed by atoms with Crippen LogP contribution >= 0.6 is 23.2 Å². The Morgan fingerprint density at radius 3 is 2.58 bits per heavy atom. The summed E-state index contributed by atoms with van der Waals surface area (Å²) in [5.74, 6) is 0.943. The molecule has 1 heterocycles. The van der Waals surface area contributed by atoms with E-state index in [4.69, 9.17) is 27.9 Å². The van der Waals surface area contributed by atoms with Crippen molar-refractivity contribution in [3.63, 3.8) is 0 Å². The predicted molar refractivity (Wildman–Crippen MR) is 103 cm³/mol. The highest BCUT2D eigenvalue weighted by molar-refractivity contribution is 6.35. The van der Waals surface area contributed by atoms with Crippen LogP contribution in [0.15, 0.2) is 54.7 Å². The van der Waals surface area contributed by atoms with Crippen LogP contribution in [0.4, 0.5) is 5.82 Å². The number of ether oxygens (including phenoxy) is 1. The molecule has 0 aliphatic carbocycles. The SMILES string of the molecule is Cc1ccccc1OCC(=O)Nc1ccnn1Cc1c(Cl)cccc1Cl. The average Bonchev–Trinajstić information content (AvgIpc) is 3.04. The number of aryl methyl sites for hydroxylation is 1. The molecule has 2 aromatic carbocycles. The molecule has 0 aliphatic rings. The van der Waals surface area contributed by atoms with Gasteiger partial charge in [-0.25, -0.2) is 4.68 Å². The summed E-state index contributed by atoms with van der Waals surface area (Å²) in [5.41, 5.74) is 1.71. The highest BCUT2D eigenvalue weighted by Gasteiger charge is 2.12. The van der Waals surface area contributed by atoms with Crippen LogP contribution in [0.2, 0.25) is 10.0 Å². The largest absolute Gasteiger partial charge is 0.483 e. The number of nitrogens with one attached hydrogen (secondary N) is 1. The highest BCUT2D eigenvalue weighted by Crippen LogP contribution is 2.26. The van der Waals surface area contributed by atoms with Crippen molar-refractivity contribution in [2.75, 3.05) is 11.9 Å². The number of aromatic nitrogens is 2. The van der Waals surface area contributed by atoms with Crippen molar-refractivity contribution in [3.8, 4) is 5.75 Å². The molecule has 5 nitrogen and oxygen atoms in total. The number of halogens is 2. The Bertz CT molecular complexity index is 904. The Kier molecular flexibility index (Phi) is 5.81. The molecule has 26 heavy (non-hydrogen) atoms. The second kappa shape index (κ2) is 8.25. The van der Waals surface area contributed by atoms with E-state index in [2.05, 4.69) is 10.4 Å². The van der Waals surface area contributed by atoms with Gasteiger partial charge in [0.05, 0.1) is 12.7 Å². The second-order valence-electron chi connectivity index (χ2n) is 5.68. The molecular weight excluding hydrogens is 373 g/mol. The van der Waals surface area contributed by atoms with Crippen molar-refractivity contribution in [1.82, 2.24) is 9.78 Å². The van der Waals surface area contributed by atoms with E-state index in [1.807, 2.05) is 31.2 Å². The molecule has 134 valence electrons. The minimum absolute atomic E-state index is 0.0944. The number of hydrogen-bond donors (Lipinski definition) is 1. The summed E-state index contributed by atoms with van der Waals surface area (Å²) >= 11 is 12.4. The van der Waals surface area contributed by atoms with Gasteiger partial charge in [0.1, 0.15) is 11.6 Å². The molecule has 0 aliphatic heterocycles. The first-order chi connectivity index (χ1) is 12.5. The Labute approximate surface area is 161 Å². The van der Waals surface area contributed by atoms with Gasteiger partial charge in [-0.1, -0.05) is 47.5 Å². The maximum absolute atomic E-state index is 12.2. The van der Waals surface area contributed by atoms with Gasteiger partial charge in [-0.2, -0.15) is 5.10 Å². The van der Waals surface area contributed by atoms with E-state index >= 15 is 0 Å². The Morgan fingerprint density at radius 2 is 1.85 bits per heavy atom. The first-order valence-electron chi connectivity index (χ1n) is 7.97. The summed E-state index contributed by atoms with van der Waals surface area (Å²) in [6.07, 6.45) is 1.60. The Morgan fingerprint density at radius 1 is 1.12 bits per heavy atom. The number of carbonyl (C=O) groups excluding carboxylic acids is 1. The zero-order valence-corrected chi connectivity index (χ0v) is 15.6. The molecule has 1 N–H and O–H groups in total. The van der Waals surface area contributed by atoms with Crippen LogP contribution in [0.3, 0.4) is 0 Å². The van der Waals surface area contributed by atoms with E-state index in [0.717, 1.165) is 11.1 Å². The molecule has 0 saturated carbocycles. The molecule has 1 amide bonds. The van der Waals surface area contributed by atoms with Crippen molar-refractivity contribution < 1.29 is 9.53 Å². The summed E-state index contributed by atoms with van der Waals surface area (Å²) in [6.45, 7) is 2.18. The number of benzene rings is 2. The van der Waals surface area contributed by atoms with Gasteiger partial charge in [0.25, 0.3) is 5.91 Å². The van der Waals surface area contributed by atoms with Crippen LogP contribution in [0.25, 0.3) is 0 Å². The van der Waals surface area contributed by atoms with Crippen LogP contribution in [-0.2, 0) is 11.3 Å². The van der Waals surface area contributed by atoms with E-state index < -0.39 is 0 Å². The summed E-state index contributed by atoms with van der Waals surface area (Å²) in [4.78, 5) is 12.2. The second-order valence-corrected chi connectivity index (χ2v) is 6.49. The average molecular weight is 390 g/mol. The molecule has 3 aromatic rings. The van der Waals surface area contributed by atoms with Crippen LogP contribution < -0.4 is 10.1 Å². The molecule has 0 bridgehead atoms. The van der Waals surface area contributed by atoms with Gasteiger partial charge in [-0.3, -0.25) is 4.79 Å². The third-order valence-corrected chi connectivity index (χ3v) is 4.51. The van der Waals surface area contributed by atoms with Crippen molar-refractivity contribution in [2.45, 2.75) is 13.5 Å². The number of nitrogens with zero attached hydrogens (tertiary/aromatic N) is 2. The van der Waals surface area contributed by atoms with E-state index in [-0.39, 0.29) is 12.5 Å². The van der Waals surface area contributed by atoms with Gasteiger partial charge in [0.2, 0.25) is 0 Å². The Hall–Kier alpha value is -2.50. The zero-order chi connectivity index (χ0) is 18.5. The first kappa shape index (κ1) is 18.3. The normalized spacial score (nSPS) is 10.6. The van der Waals surface area contributed by atoms with Crippen molar-refractivity contribution in [1.29, 1.82) is 0 Å². The summed E-state index contributed by atoms with van der Waals surface area (Å²) in [6, 6.07) is 14.5. The fraction of sp³-hybridized carbons (Fsp3) is 0.158. The zero-order valence-electron chi connectivity index (χ0n) is 14.1. The number of anilines is 1. The molecular formula is C19H17Cl2N3O2. The highest BCUT2D eigenvalue weighted by atomic mass is 35.5. The molecule has 1 aromatic heterocycles. The minimum Gasteiger partial charge on any atom is -0.483 e. The first-order valence-corrected chi connectivity index (χ1v) is 8.73. The van der Waals surface area contributed by atoms with Crippen molar-refractivity contribution in [3.05, 3.63) is 75.9 Å². The van der Waals surface area contributed by atoms with E-state index in [1.54, 1.807) is 35.1 Å². The van der Waals surface area contributed by atoms with Crippen LogP contribution in [0.1, 0.15) is 11.1 Å². The lowest BCUT2D eigenvalue weighted by Crippen LogP contribution is -2.22. The van der Waals surface area contributed by atoms with Crippen LogP contribution in [0.5, 0.6) is 5.75 Å². The van der Waals surface area contributed by atoms with Crippen molar-refractivity contribution in [2.24, 2.45) is 0 Å². The molecule has 7 heteroatoms. The molecule has 0 spiro atoms. The van der Waals surface area contributed by atoms with Gasteiger partial charge in [0, 0.05) is 21.7 Å². The van der Waals surface area contributed by atoms with Gasteiger partial charge >= 0.3 is 0 Å². The lowest BCUT2D eigenvalue weighted by atomic mass is 10.2. The summed E-state index contributed by atoms with van der Waals surface area (Å²) in [7, 11) is 0. The molecule has 3 rings (SSSR count). The number of carbonyl (C=O) groups is 1. The molecule has 0 saturated heterocycles. The smallest absolute Gasteiger partial charge is 0.263 e. The van der Waals surface area contributed by atoms with Crippen LogP contribution in [-0.4, -0.2) is 22.3 Å². The van der Waals surface area contributed by atoms with Crippen molar-refractivity contribution >= 4 is 34.9 Å².